The Morgan fingerprint density at radius 1 is 1.06 bits per heavy atom. The van der Waals surface area contributed by atoms with Crippen molar-refractivity contribution in [1.29, 1.82) is 0 Å². The number of carbonyl (C=O) groups is 2. The summed E-state index contributed by atoms with van der Waals surface area (Å²) in [6.07, 6.45) is 7.59. The minimum absolute atomic E-state index is 0.0166. The van der Waals surface area contributed by atoms with Gasteiger partial charge in [0.1, 0.15) is 6.10 Å². The number of hydrogen-bond acceptors (Lipinski definition) is 5. The van der Waals surface area contributed by atoms with E-state index in [1.54, 1.807) is 0 Å². The van der Waals surface area contributed by atoms with Crippen LogP contribution in [0.3, 0.4) is 0 Å². The molecule has 5 unspecified atom stereocenters. The fraction of sp³-hybridized carbons (Fsp3) is 0.923. The maximum absolute atomic E-state index is 12.5. The highest BCUT2D eigenvalue weighted by molar-refractivity contribution is 5.72. The number of carbonyl (C=O) groups excluding carboxylic acids is 1. The van der Waals surface area contributed by atoms with Gasteiger partial charge < -0.3 is 25.8 Å². The number of aliphatic hydroxyl groups excluding tert-OH is 2. The zero-order valence-corrected chi connectivity index (χ0v) is 20.2. The van der Waals surface area contributed by atoms with Gasteiger partial charge in [-0.05, 0) is 92.8 Å². The molecule has 0 aromatic rings. The van der Waals surface area contributed by atoms with Gasteiger partial charge in [-0.2, -0.15) is 0 Å². The van der Waals surface area contributed by atoms with E-state index >= 15 is 0 Å². The molecule has 0 aromatic heterocycles. The van der Waals surface area contributed by atoms with E-state index in [4.69, 9.17) is 10.5 Å². The van der Waals surface area contributed by atoms with E-state index in [0.717, 1.165) is 51.4 Å². The molecule has 0 heterocycles. The first-order valence-corrected chi connectivity index (χ1v) is 13.2. The summed E-state index contributed by atoms with van der Waals surface area (Å²) in [5.41, 5.74) is 4.97. The summed E-state index contributed by atoms with van der Waals surface area (Å²) in [5, 5.41) is 30.9. The van der Waals surface area contributed by atoms with Gasteiger partial charge in [0.05, 0.1) is 12.0 Å². The maximum Gasteiger partial charge on any atom is 0.404 e. The fourth-order valence-electron chi connectivity index (χ4n) is 9.28. The Balaban J connectivity index is 1.72. The Labute approximate surface area is 197 Å². The van der Waals surface area contributed by atoms with Gasteiger partial charge in [0.2, 0.25) is 0 Å². The van der Waals surface area contributed by atoms with Crippen LogP contribution >= 0.6 is 0 Å². The van der Waals surface area contributed by atoms with Crippen LogP contribution in [-0.4, -0.2) is 46.2 Å². The summed E-state index contributed by atoms with van der Waals surface area (Å²) in [6.45, 7) is 4.34. The van der Waals surface area contributed by atoms with Gasteiger partial charge in [-0.3, -0.25) is 4.79 Å². The second-order valence-corrected chi connectivity index (χ2v) is 11.8. The third-order valence-electron chi connectivity index (χ3n) is 10.8. The highest BCUT2D eigenvalue weighted by Gasteiger charge is 2.66. The SMILES string of the molecule is CCC(CO)CC(OC(N)=O)[C@]12CC[C@H]3[C@@H](CCC4C(O)CCC[C@@]43C)[C@@H]1CCC2C(=O)O. The van der Waals surface area contributed by atoms with E-state index < -0.39 is 29.5 Å². The average molecular weight is 466 g/mol. The number of hydrogen-bond donors (Lipinski definition) is 4. The van der Waals surface area contributed by atoms with Crippen molar-refractivity contribution in [1.82, 2.24) is 0 Å². The standard InChI is InChI=1S/C26H43NO6/c1-3-15(14-28)13-22(33-24(27)32)26-12-10-17-16(18(26)8-9-20(26)23(30)31)6-7-19-21(29)5-4-11-25(17,19)2/h15-22,28-29H,3-14H2,1-2H3,(H2,27,32)(H,30,31)/t15?,16-,17+,18+,19?,20?,21?,22?,25-,26-/m1/s1. The van der Waals surface area contributed by atoms with E-state index in [-0.39, 0.29) is 30.0 Å². The number of fused-ring (bicyclic) bond motifs is 5. The zero-order chi connectivity index (χ0) is 24.0. The molecule has 1 amide bonds. The third-order valence-corrected chi connectivity index (χ3v) is 10.8. The Morgan fingerprint density at radius 2 is 1.79 bits per heavy atom. The quantitative estimate of drug-likeness (QED) is 0.450. The molecule has 4 saturated carbocycles. The molecule has 188 valence electrons. The highest BCUT2D eigenvalue weighted by atomic mass is 16.6. The summed E-state index contributed by atoms with van der Waals surface area (Å²) in [6, 6.07) is 0. The van der Waals surface area contributed by atoms with E-state index in [0.29, 0.717) is 37.0 Å². The van der Waals surface area contributed by atoms with Gasteiger partial charge >= 0.3 is 12.1 Å². The van der Waals surface area contributed by atoms with Gasteiger partial charge in [-0.25, -0.2) is 4.79 Å². The molecular formula is C26H43NO6. The molecular weight excluding hydrogens is 422 g/mol. The summed E-state index contributed by atoms with van der Waals surface area (Å²) < 4.78 is 5.76. The first kappa shape index (κ1) is 24.8. The molecule has 0 saturated heterocycles. The van der Waals surface area contributed by atoms with Gasteiger partial charge in [0.15, 0.2) is 0 Å². The molecule has 0 spiro atoms. The molecule has 5 N–H and O–H groups in total. The monoisotopic (exact) mass is 465 g/mol. The molecule has 33 heavy (non-hydrogen) atoms. The van der Waals surface area contributed by atoms with Crippen LogP contribution in [0.25, 0.3) is 0 Å². The van der Waals surface area contributed by atoms with Gasteiger partial charge in [-0.15, -0.1) is 0 Å². The van der Waals surface area contributed by atoms with Gasteiger partial charge in [-0.1, -0.05) is 26.7 Å². The van der Waals surface area contributed by atoms with Crippen LogP contribution in [0.2, 0.25) is 0 Å². The van der Waals surface area contributed by atoms with E-state index in [1.807, 2.05) is 6.92 Å². The summed E-state index contributed by atoms with van der Waals surface area (Å²) in [7, 11) is 0. The number of aliphatic hydroxyl groups is 2. The van der Waals surface area contributed by atoms with Crippen molar-refractivity contribution in [3.05, 3.63) is 0 Å². The second kappa shape index (κ2) is 9.37. The lowest BCUT2D eigenvalue weighted by Gasteiger charge is -2.62. The lowest BCUT2D eigenvalue weighted by molar-refractivity contribution is -0.181. The normalized spacial score (nSPS) is 44.1. The third kappa shape index (κ3) is 3.97. The van der Waals surface area contributed by atoms with E-state index in [2.05, 4.69) is 6.92 Å². The van der Waals surface area contributed by atoms with Gasteiger partial charge in [0, 0.05) is 12.0 Å². The number of aliphatic carboxylic acids is 1. The number of carboxylic acid groups (broad SMARTS) is 1. The number of primary amides is 1. The fourth-order valence-corrected chi connectivity index (χ4v) is 9.28. The largest absolute Gasteiger partial charge is 0.481 e. The number of carboxylic acids is 1. The van der Waals surface area contributed by atoms with Crippen LogP contribution in [0, 0.1) is 46.3 Å². The topological polar surface area (TPSA) is 130 Å². The van der Waals surface area contributed by atoms with Crippen LogP contribution in [0.15, 0.2) is 0 Å². The van der Waals surface area contributed by atoms with Crippen molar-refractivity contribution in [3.8, 4) is 0 Å². The second-order valence-electron chi connectivity index (χ2n) is 11.8. The van der Waals surface area contributed by atoms with E-state index in [1.165, 1.54) is 0 Å². The van der Waals surface area contributed by atoms with Crippen molar-refractivity contribution >= 4 is 12.1 Å². The van der Waals surface area contributed by atoms with Crippen molar-refractivity contribution in [2.75, 3.05) is 6.61 Å². The van der Waals surface area contributed by atoms with Crippen LogP contribution in [0.1, 0.15) is 84.5 Å². The molecule has 0 aromatic carbocycles. The first-order chi connectivity index (χ1) is 15.7. The highest BCUT2D eigenvalue weighted by Crippen LogP contribution is 2.69. The first-order valence-electron chi connectivity index (χ1n) is 13.2. The molecule has 10 atom stereocenters. The smallest absolute Gasteiger partial charge is 0.404 e. The Morgan fingerprint density at radius 3 is 2.42 bits per heavy atom. The Hall–Kier alpha value is -1.34. The van der Waals surface area contributed by atoms with Gasteiger partial charge in [0.25, 0.3) is 0 Å². The van der Waals surface area contributed by atoms with Crippen LogP contribution in [-0.2, 0) is 9.53 Å². The van der Waals surface area contributed by atoms with Crippen LogP contribution in [0.5, 0.6) is 0 Å². The Kier molecular flexibility index (Phi) is 7.03. The predicted molar refractivity (Wildman–Crippen MR) is 123 cm³/mol. The Bertz CT molecular complexity index is 740. The molecule has 4 rings (SSSR count). The molecule has 4 fully saturated rings. The number of nitrogens with two attached hydrogens (primary N) is 1. The van der Waals surface area contributed by atoms with Crippen molar-refractivity contribution in [3.63, 3.8) is 0 Å². The summed E-state index contributed by atoms with van der Waals surface area (Å²) in [4.78, 5) is 24.5. The molecule has 0 bridgehead atoms. The lowest BCUT2D eigenvalue weighted by atomic mass is 9.43. The predicted octanol–water partition coefficient (Wildman–Crippen LogP) is 3.94. The maximum atomic E-state index is 12.5. The molecule has 7 heteroatoms. The van der Waals surface area contributed by atoms with E-state index in [9.17, 15) is 24.9 Å². The van der Waals surface area contributed by atoms with Crippen molar-refractivity contribution < 1.29 is 29.6 Å². The molecule has 4 aliphatic carbocycles. The zero-order valence-electron chi connectivity index (χ0n) is 20.2. The molecule has 0 aliphatic heterocycles. The van der Waals surface area contributed by atoms with Crippen molar-refractivity contribution in [2.45, 2.75) is 96.7 Å². The number of amides is 1. The van der Waals surface area contributed by atoms with Crippen LogP contribution < -0.4 is 5.73 Å². The van der Waals surface area contributed by atoms with Crippen LogP contribution in [0.4, 0.5) is 4.79 Å². The minimum atomic E-state index is -0.856. The lowest BCUT2D eigenvalue weighted by Crippen LogP contribution is -2.59. The minimum Gasteiger partial charge on any atom is -0.481 e. The number of ether oxygens (including phenoxy) is 1. The molecule has 0 radical (unpaired) electrons. The summed E-state index contributed by atoms with van der Waals surface area (Å²) >= 11 is 0. The van der Waals surface area contributed by atoms with Crippen molar-refractivity contribution in [2.24, 2.45) is 52.1 Å². The number of rotatable bonds is 7. The average Bonchev–Trinajstić information content (AvgIpc) is 3.17. The summed E-state index contributed by atoms with van der Waals surface area (Å²) in [5.74, 6) is -0.0962. The molecule has 7 nitrogen and oxygen atoms in total. The molecule has 4 aliphatic rings.